The van der Waals surface area contributed by atoms with Gasteiger partial charge in [0.05, 0.1) is 29.4 Å². The fourth-order valence-corrected chi connectivity index (χ4v) is 4.38. The first kappa shape index (κ1) is 18.2. The van der Waals surface area contributed by atoms with Crippen LogP contribution < -0.4 is 5.56 Å². The number of pyridine rings is 1. The molecule has 140 valence electrons. The minimum Gasteiger partial charge on any atom is -0.465 e. The van der Waals surface area contributed by atoms with Gasteiger partial charge in [0.2, 0.25) is 0 Å². The maximum Gasteiger partial charge on any atom is 0.339 e. The van der Waals surface area contributed by atoms with Crippen LogP contribution in [0.5, 0.6) is 0 Å². The van der Waals surface area contributed by atoms with E-state index in [4.69, 9.17) is 4.74 Å². The van der Waals surface area contributed by atoms with E-state index in [1.165, 1.54) is 30.1 Å². The van der Waals surface area contributed by atoms with Gasteiger partial charge in [-0.15, -0.1) is 11.3 Å². The molecule has 0 aliphatic carbocycles. The monoisotopic (exact) mass is 389 g/mol. The highest BCUT2D eigenvalue weighted by Gasteiger charge is 2.19. The molecule has 0 aliphatic rings. The number of rotatable bonds is 4. The molecule has 0 amide bonds. The second-order valence-electron chi connectivity index (χ2n) is 6.65. The van der Waals surface area contributed by atoms with Gasteiger partial charge in [-0.25, -0.2) is 4.79 Å². The zero-order valence-electron chi connectivity index (χ0n) is 15.6. The predicted octanol–water partition coefficient (Wildman–Crippen LogP) is 4.87. The molecule has 2 aromatic heterocycles. The van der Waals surface area contributed by atoms with Gasteiger partial charge in [0.25, 0.3) is 5.56 Å². The highest BCUT2D eigenvalue weighted by atomic mass is 32.1. The van der Waals surface area contributed by atoms with E-state index in [2.05, 4.69) is 24.3 Å². The largest absolute Gasteiger partial charge is 0.465 e. The Hall–Kier alpha value is -3.18. The third-order valence-corrected chi connectivity index (χ3v) is 5.91. The second kappa shape index (κ2) is 7.44. The Labute approximate surface area is 166 Å². The summed E-state index contributed by atoms with van der Waals surface area (Å²) in [5, 5.41) is 0. The molecule has 2 heterocycles. The van der Waals surface area contributed by atoms with Crippen molar-refractivity contribution in [3.63, 3.8) is 0 Å². The Morgan fingerprint density at radius 1 is 1.04 bits per heavy atom. The van der Waals surface area contributed by atoms with Gasteiger partial charge in [0.15, 0.2) is 0 Å². The number of aromatic nitrogens is 1. The van der Waals surface area contributed by atoms with E-state index in [0.717, 1.165) is 26.2 Å². The lowest BCUT2D eigenvalue weighted by Crippen LogP contribution is -2.22. The predicted molar refractivity (Wildman–Crippen MR) is 113 cm³/mol. The Kier molecular flexibility index (Phi) is 4.84. The standard InChI is InChI=1S/C23H19NO3S/c1-15-8-10-17(11-9-15)20-13-19-22(28-20)18(23(26)27-2)12-21(25)24(19)14-16-6-4-3-5-7-16/h3-13H,14H2,1-2H3. The van der Waals surface area contributed by atoms with E-state index < -0.39 is 5.97 Å². The summed E-state index contributed by atoms with van der Waals surface area (Å²) >= 11 is 1.50. The van der Waals surface area contributed by atoms with E-state index in [1.807, 2.05) is 43.3 Å². The molecule has 0 saturated heterocycles. The van der Waals surface area contributed by atoms with Gasteiger partial charge in [0.1, 0.15) is 0 Å². The van der Waals surface area contributed by atoms with Crippen molar-refractivity contribution in [1.29, 1.82) is 0 Å². The number of aryl methyl sites for hydroxylation is 1. The van der Waals surface area contributed by atoms with Crippen molar-refractivity contribution in [3.8, 4) is 10.4 Å². The van der Waals surface area contributed by atoms with Gasteiger partial charge in [0, 0.05) is 10.9 Å². The molecule has 0 aliphatic heterocycles. The minimum atomic E-state index is -0.494. The topological polar surface area (TPSA) is 48.3 Å². The third-order valence-electron chi connectivity index (χ3n) is 4.71. The molecule has 0 radical (unpaired) electrons. The average molecular weight is 389 g/mol. The Balaban J connectivity index is 1.94. The van der Waals surface area contributed by atoms with Crippen molar-refractivity contribution in [2.24, 2.45) is 0 Å². The van der Waals surface area contributed by atoms with E-state index in [0.29, 0.717) is 12.1 Å². The maximum atomic E-state index is 12.8. The summed E-state index contributed by atoms with van der Waals surface area (Å²) < 4.78 is 7.38. The molecular weight excluding hydrogens is 370 g/mol. The van der Waals surface area contributed by atoms with Crippen LogP contribution in [0.15, 0.2) is 71.5 Å². The van der Waals surface area contributed by atoms with E-state index in [1.54, 1.807) is 4.57 Å². The summed E-state index contributed by atoms with van der Waals surface area (Å²) in [5.74, 6) is -0.494. The number of benzene rings is 2. The number of methoxy groups -OCH3 is 1. The van der Waals surface area contributed by atoms with Gasteiger partial charge < -0.3 is 9.30 Å². The number of hydrogen-bond donors (Lipinski definition) is 0. The maximum absolute atomic E-state index is 12.8. The van der Waals surface area contributed by atoms with E-state index >= 15 is 0 Å². The number of ether oxygens (including phenoxy) is 1. The summed E-state index contributed by atoms with van der Waals surface area (Å²) in [6.45, 7) is 2.49. The average Bonchev–Trinajstić information content (AvgIpc) is 3.16. The first-order chi connectivity index (χ1) is 13.6. The molecule has 0 spiro atoms. The normalized spacial score (nSPS) is 10.9. The van der Waals surface area contributed by atoms with Crippen LogP contribution in [0.2, 0.25) is 0 Å². The van der Waals surface area contributed by atoms with Crippen molar-refractivity contribution in [2.75, 3.05) is 7.11 Å². The number of thiophene rings is 1. The third kappa shape index (κ3) is 3.37. The Morgan fingerprint density at radius 2 is 1.75 bits per heavy atom. The zero-order chi connectivity index (χ0) is 19.7. The molecule has 0 saturated carbocycles. The number of nitrogens with zero attached hydrogens (tertiary/aromatic N) is 1. The van der Waals surface area contributed by atoms with Crippen LogP contribution in [0.4, 0.5) is 0 Å². The molecule has 2 aromatic carbocycles. The highest BCUT2D eigenvalue weighted by Crippen LogP contribution is 2.35. The van der Waals surface area contributed by atoms with Crippen LogP contribution in [0.25, 0.3) is 20.7 Å². The summed E-state index contributed by atoms with van der Waals surface area (Å²) in [7, 11) is 1.33. The summed E-state index contributed by atoms with van der Waals surface area (Å²) in [5.41, 5.74) is 4.11. The highest BCUT2D eigenvalue weighted by molar-refractivity contribution is 7.22. The van der Waals surface area contributed by atoms with Crippen molar-refractivity contribution in [1.82, 2.24) is 4.57 Å². The van der Waals surface area contributed by atoms with Gasteiger partial charge in [-0.3, -0.25) is 4.79 Å². The van der Waals surface area contributed by atoms with Gasteiger partial charge in [-0.2, -0.15) is 0 Å². The van der Waals surface area contributed by atoms with Crippen LogP contribution >= 0.6 is 11.3 Å². The van der Waals surface area contributed by atoms with Crippen molar-refractivity contribution >= 4 is 27.5 Å². The quantitative estimate of drug-likeness (QED) is 0.468. The fraction of sp³-hybridized carbons (Fsp3) is 0.130. The first-order valence-corrected chi connectivity index (χ1v) is 9.75. The van der Waals surface area contributed by atoms with Crippen LogP contribution in [0.3, 0.4) is 0 Å². The lowest BCUT2D eigenvalue weighted by molar-refractivity contribution is 0.0603. The molecule has 4 nitrogen and oxygen atoms in total. The van der Waals surface area contributed by atoms with E-state index in [-0.39, 0.29) is 5.56 Å². The van der Waals surface area contributed by atoms with Crippen LogP contribution in [-0.4, -0.2) is 17.6 Å². The Bertz CT molecular complexity index is 1200. The summed E-state index contributed by atoms with van der Waals surface area (Å²) in [4.78, 5) is 26.1. The van der Waals surface area contributed by atoms with Crippen molar-refractivity contribution in [2.45, 2.75) is 13.5 Å². The Morgan fingerprint density at radius 3 is 2.43 bits per heavy atom. The molecule has 0 unspecified atom stereocenters. The molecule has 0 atom stereocenters. The molecule has 5 heteroatoms. The number of esters is 1. The fourth-order valence-electron chi connectivity index (χ4n) is 3.21. The summed E-state index contributed by atoms with van der Waals surface area (Å²) in [6.07, 6.45) is 0. The molecule has 28 heavy (non-hydrogen) atoms. The van der Waals surface area contributed by atoms with Crippen LogP contribution in [0, 0.1) is 6.92 Å². The van der Waals surface area contributed by atoms with Gasteiger partial charge in [-0.05, 0) is 24.1 Å². The SMILES string of the molecule is COC(=O)c1cc(=O)n(Cc2ccccc2)c2cc(-c3ccc(C)cc3)sc12. The first-order valence-electron chi connectivity index (χ1n) is 8.93. The molecule has 4 rings (SSSR count). The lowest BCUT2D eigenvalue weighted by Gasteiger charge is -2.10. The van der Waals surface area contributed by atoms with Crippen molar-refractivity contribution in [3.05, 3.63) is 93.8 Å². The van der Waals surface area contributed by atoms with Gasteiger partial charge in [-0.1, -0.05) is 60.2 Å². The number of hydrogen-bond acceptors (Lipinski definition) is 4. The minimum absolute atomic E-state index is 0.218. The van der Waals surface area contributed by atoms with Crippen LogP contribution in [-0.2, 0) is 11.3 Å². The molecular formula is C23H19NO3S. The number of carbonyl (C=O) groups is 1. The molecule has 4 aromatic rings. The molecule has 0 bridgehead atoms. The van der Waals surface area contributed by atoms with Crippen molar-refractivity contribution < 1.29 is 9.53 Å². The van der Waals surface area contributed by atoms with E-state index in [9.17, 15) is 9.59 Å². The van der Waals surface area contributed by atoms with Gasteiger partial charge >= 0.3 is 5.97 Å². The molecule has 0 N–H and O–H groups in total. The molecule has 0 fully saturated rings. The van der Waals surface area contributed by atoms with Crippen LogP contribution in [0.1, 0.15) is 21.5 Å². The smallest absolute Gasteiger partial charge is 0.339 e. The summed E-state index contributed by atoms with van der Waals surface area (Å²) in [6, 6.07) is 21.4. The lowest BCUT2D eigenvalue weighted by atomic mass is 10.1. The number of fused-ring (bicyclic) bond motifs is 1. The second-order valence-corrected chi connectivity index (χ2v) is 7.70. The zero-order valence-corrected chi connectivity index (χ0v) is 16.5. The number of carbonyl (C=O) groups excluding carboxylic acids is 1.